The van der Waals surface area contributed by atoms with Crippen molar-refractivity contribution in [1.82, 2.24) is 14.9 Å². The predicted octanol–water partition coefficient (Wildman–Crippen LogP) is 3.34. The van der Waals surface area contributed by atoms with E-state index >= 15 is 0 Å². The van der Waals surface area contributed by atoms with Gasteiger partial charge in [-0.1, -0.05) is 12.1 Å². The first-order chi connectivity index (χ1) is 12.1. The van der Waals surface area contributed by atoms with Crippen molar-refractivity contribution in [3.63, 3.8) is 0 Å². The lowest BCUT2D eigenvalue weighted by atomic mass is 10.0. The molecular weight excluding hydrogens is 330 g/mol. The summed E-state index contributed by atoms with van der Waals surface area (Å²) in [6, 6.07) is 11.4. The van der Waals surface area contributed by atoms with Crippen LogP contribution in [0.15, 0.2) is 41.4 Å². The van der Waals surface area contributed by atoms with Crippen molar-refractivity contribution in [2.45, 2.75) is 30.3 Å². The van der Waals surface area contributed by atoms with E-state index in [1.165, 1.54) is 10.5 Å². The van der Waals surface area contributed by atoms with E-state index in [4.69, 9.17) is 0 Å². The van der Waals surface area contributed by atoms with Gasteiger partial charge in [-0.2, -0.15) is 4.98 Å². The van der Waals surface area contributed by atoms with E-state index in [2.05, 4.69) is 50.7 Å². The quantitative estimate of drug-likeness (QED) is 0.800. The molecule has 0 amide bonds. The molecule has 1 aliphatic heterocycles. The van der Waals surface area contributed by atoms with Gasteiger partial charge in [0.2, 0.25) is 5.95 Å². The van der Waals surface area contributed by atoms with E-state index in [1.54, 1.807) is 11.8 Å². The van der Waals surface area contributed by atoms with Crippen LogP contribution < -0.4 is 10.2 Å². The molecule has 0 aliphatic carbocycles. The molecule has 1 aromatic carbocycles. The van der Waals surface area contributed by atoms with Crippen LogP contribution in [0.1, 0.15) is 18.4 Å². The number of hydrogen-bond acceptors (Lipinski definition) is 6. The van der Waals surface area contributed by atoms with Gasteiger partial charge in [-0.15, -0.1) is 11.8 Å². The lowest BCUT2D eigenvalue weighted by Gasteiger charge is -2.32. The molecule has 134 valence electrons. The molecule has 0 radical (unpaired) electrons. The molecule has 6 heteroatoms. The molecule has 1 saturated heterocycles. The van der Waals surface area contributed by atoms with Crippen LogP contribution in [-0.2, 0) is 6.54 Å². The summed E-state index contributed by atoms with van der Waals surface area (Å²) in [5.74, 6) is 1.67. The monoisotopic (exact) mass is 357 g/mol. The van der Waals surface area contributed by atoms with Crippen molar-refractivity contribution in [2.75, 3.05) is 43.7 Å². The fourth-order valence-corrected chi connectivity index (χ4v) is 3.49. The number of anilines is 2. The van der Waals surface area contributed by atoms with Gasteiger partial charge in [0.25, 0.3) is 0 Å². The summed E-state index contributed by atoms with van der Waals surface area (Å²) in [6.45, 7) is 3.28. The first kappa shape index (κ1) is 18.0. The van der Waals surface area contributed by atoms with Crippen LogP contribution in [0.25, 0.3) is 0 Å². The van der Waals surface area contributed by atoms with Crippen LogP contribution >= 0.6 is 11.8 Å². The second-order valence-electron chi connectivity index (χ2n) is 6.68. The maximum Gasteiger partial charge on any atom is 0.226 e. The molecule has 1 aromatic heterocycles. The van der Waals surface area contributed by atoms with E-state index in [9.17, 15) is 0 Å². The van der Waals surface area contributed by atoms with Gasteiger partial charge in [0.1, 0.15) is 5.82 Å². The zero-order chi connectivity index (χ0) is 17.6. The highest BCUT2D eigenvalue weighted by Gasteiger charge is 2.19. The average Bonchev–Trinajstić information content (AvgIpc) is 2.64. The Morgan fingerprint density at radius 1 is 1.16 bits per heavy atom. The zero-order valence-electron chi connectivity index (χ0n) is 15.3. The van der Waals surface area contributed by atoms with Gasteiger partial charge in [-0.25, -0.2) is 4.98 Å². The van der Waals surface area contributed by atoms with Crippen LogP contribution in [0, 0.1) is 0 Å². The Bertz CT molecular complexity index is 666. The van der Waals surface area contributed by atoms with Gasteiger partial charge in [0.05, 0.1) is 0 Å². The minimum Gasteiger partial charge on any atom is -0.367 e. The molecule has 0 saturated carbocycles. The summed E-state index contributed by atoms with van der Waals surface area (Å²) in [5.41, 5.74) is 1.40. The number of likely N-dealkylation sites (tertiary alicyclic amines) is 1. The minimum atomic E-state index is 0.486. The second-order valence-corrected chi connectivity index (χ2v) is 7.56. The average molecular weight is 358 g/mol. The highest BCUT2D eigenvalue weighted by molar-refractivity contribution is 7.98. The lowest BCUT2D eigenvalue weighted by molar-refractivity contribution is 0.211. The molecule has 1 aliphatic rings. The van der Waals surface area contributed by atoms with E-state index in [1.807, 2.05) is 31.3 Å². The Balaban J connectivity index is 1.49. The van der Waals surface area contributed by atoms with E-state index < -0.39 is 0 Å². The highest BCUT2D eigenvalue weighted by atomic mass is 32.2. The van der Waals surface area contributed by atoms with Gasteiger partial charge in [-0.05, 0) is 42.9 Å². The molecule has 0 spiro atoms. The third-order valence-electron chi connectivity index (χ3n) is 4.55. The summed E-state index contributed by atoms with van der Waals surface area (Å²) in [6.07, 6.45) is 6.22. The number of aromatic nitrogens is 2. The molecule has 0 atom stereocenters. The second kappa shape index (κ2) is 8.54. The smallest absolute Gasteiger partial charge is 0.226 e. The Labute approximate surface area is 154 Å². The molecular formula is C19H27N5S. The van der Waals surface area contributed by atoms with Gasteiger partial charge in [0, 0.05) is 50.9 Å². The van der Waals surface area contributed by atoms with Crippen molar-refractivity contribution >= 4 is 23.5 Å². The molecule has 2 heterocycles. The van der Waals surface area contributed by atoms with Gasteiger partial charge < -0.3 is 10.2 Å². The molecule has 1 fully saturated rings. The number of rotatable bonds is 6. The molecule has 0 unspecified atom stereocenters. The SMILES string of the molecule is CSc1ccc(CN2CCC(Nc3ccnc(N(C)C)n3)CC2)cc1. The largest absolute Gasteiger partial charge is 0.367 e. The Kier molecular flexibility index (Phi) is 6.15. The van der Waals surface area contributed by atoms with E-state index in [0.29, 0.717) is 6.04 Å². The third-order valence-corrected chi connectivity index (χ3v) is 5.29. The zero-order valence-corrected chi connectivity index (χ0v) is 16.1. The summed E-state index contributed by atoms with van der Waals surface area (Å²) < 4.78 is 0. The van der Waals surface area contributed by atoms with Crippen molar-refractivity contribution in [3.8, 4) is 0 Å². The summed E-state index contributed by atoms with van der Waals surface area (Å²) >= 11 is 1.79. The topological polar surface area (TPSA) is 44.3 Å². The van der Waals surface area contributed by atoms with Crippen LogP contribution in [0.5, 0.6) is 0 Å². The summed E-state index contributed by atoms with van der Waals surface area (Å²) in [5, 5.41) is 3.57. The van der Waals surface area contributed by atoms with Crippen molar-refractivity contribution < 1.29 is 0 Å². The predicted molar refractivity (Wildman–Crippen MR) is 107 cm³/mol. The standard InChI is InChI=1S/C19H27N5S/c1-23(2)19-20-11-8-18(22-19)21-16-9-12-24(13-10-16)14-15-4-6-17(25-3)7-5-15/h4-8,11,16H,9-10,12-14H2,1-3H3,(H,20,21,22). The van der Waals surface area contributed by atoms with Crippen LogP contribution in [-0.4, -0.2) is 54.4 Å². The Hall–Kier alpha value is -1.79. The van der Waals surface area contributed by atoms with Gasteiger partial charge in [-0.3, -0.25) is 4.90 Å². The van der Waals surface area contributed by atoms with E-state index in [0.717, 1.165) is 44.2 Å². The number of thioether (sulfide) groups is 1. The summed E-state index contributed by atoms with van der Waals surface area (Å²) in [4.78, 5) is 14.6. The van der Waals surface area contributed by atoms with Gasteiger partial charge in [0.15, 0.2) is 0 Å². The molecule has 2 aromatic rings. The third kappa shape index (κ3) is 5.09. The molecule has 5 nitrogen and oxygen atoms in total. The fraction of sp³-hybridized carbons (Fsp3) is 0.474. The number of nitrogens with zero attached hydrogens (tertiary/aromatic N) is 4. The minimum absolute atomic E-state index is 0.486. The molecule has 1 N–H and O–H groups in total. The van der Waals surface area contributed by atoms with Crippen LogP contribution in [0.2, 0.25) is 0 Å². The normalized spacial score (nSPS) is 16.0. The Morgan fingerprint density at radius 2 is 1.88 bits per heavy atom. The molecule has 3 rings (SSSR count). The van der Waals surface area contributed by atoms with E-state index in [-0.39, 0.29) is 0 Å². The van der Waals surface area contributed by atoms with Crippen molar-refractivity contribution in [2.24, 2.45) is 0 Å². The van der Waals surface area contributed by atoms with Crippen LogP contribution in [0.4, 0.5) is 11.8 Å². The maximum atomic E-state index is 4.56. The first-order valence-corrected chi connectivity index (χ1v) is 9.98. The summed E-state index contributed by atoms with van der Waals surface area (Å²) in [7, 11) is 3.92. The van der Waals surface area contributed by atoms with Crippen molar-refractivity contribution in [3.05, 3.63) is 42.1 Å². The highest BCUT2D eigenvalue weighted by Crippen LogP contribution is 2.20. The maximum absolute atomic E-state index is 4.56. The molecule has 0 bridgehead atoms. The number of nitrogens with one attached hydrogen (secondary N) is 1. The first-order valence-electron chi connectivity index (χ1n) is 8.76. The number of benzene rings is 1. The molecule has 25 heavy (non-hydrogen) atoms. The van der Waals surface area contributed by atoms with Crippen molar-refractivity contribution in [1.29, 1.82) is 0 Å². The van der Waals surface area contributed by atoms with Gasteiger partial charge >= 0.3 is 0 Å². The Morgan fingerprint density at radius 3 is 2.52 bits per heavy atom. The number of piperidine rings is 1. The number of hydrogen-bond donors (Lipinski definition) is 1. The lowest BCUT2D eigenvalue weighted by Crippen LogP contribution is -2.38. The van der Waals surface area contributed by atoms with Crippen LogP contribution in [0.3, 0.4) is 0 Å². The fourth-order valence-electron chi connectivity index (χ4n) is 3.08.